The molecule has 1 aliphatic rings. The van der Waals surface area contributed by atoms with Gasteiger partial charge in [0.2, 0.25) is 5.91 Å². The third-order valence-electron chi connectivity index (χ3n) is 3.29. The van der Waals surface area contributed by atoms with Crippen molar-refractivity contribution in [2.45, 2.75) is 31.4 Å². The Labute approximate surface area is 120 Å². The Hall–Kier alpha value is -1.41. The number of sulfone groups is 1. The first-order valence-corrected chi connectivity index (χ1v) is 8.76. The molecule has 0 aromatic carbocycles. The van der Waals surface area contributed by atoms with Gasteiger partial charge in [-0.25, -0.2) is 13.2 Å². The Morgan fingerprint density at radius 3 is 2.70 bits per heavy atom. The quantitative estimate of drug-likeness (QED) is 0.883. The summed E-state index contributed by atoms with van der Waals surface area (Å²) >= 11 is 1.01. The third-order valence-corrected chi connectivity index (χ3v) is 6.55. The van der Waals surface area contributed by atoms with Crippen LogP contribution in [0.3, 0.4) is 0 Å². The van der Waals surface area contributed by atoms with Gasteiger partial charge in [-0.05, 0) is 30.7 Å². The van der Waals surface area contributed by atoms with Crippen LogP contribution in [0.2, 0.25) is 0 Å². The zero-order chi connectivity index (χ0) is 14.9. The fraction of sp³-hybridized carbons (Fsp3) is 0.500. The smallest absolute Gasteiger partial charge is 0.348 e. The van der Waals surface area contributed by atoms with Crippen molar-refractivity contribution in [3.8, 4) is 0 Å². The normalized spacial score (nSPS) is 21.4. The predicted molar refractivity (Wildman–Crippen MR) is 76.1 cm³/mol. The van der Waals surface area contributed by atoms with E-state index in [0.717, 1.165) is 11.3 Å². The number of carboxylic acid groups (broad SMARTS) is 1. The minimum Gasteiger partial charge on any atom is -0.477 e. The monoisotopic (exact) mass is 317 g/mol. The van der Waals surface area contributed by atoms with Gasteiger partial charge in [-0.2, -0.15) is 0 Å². The Balaban J connectivity index is 2.24. The van der Waals surface area contributed by atoms with Gasteiger partial charge in [-0.15, -0.1) is 11.3 Å². The average molecular weight is 317 g/mol. The van der Waals surface area contributed by atoms with Crippen molar-refractivity contribution < 1.29 is 23.1 Å². The molecule has 20 heavy (non-hydrogen) atoms. The molecule has 1 saturated heterocycles. The molecule has 0 aliphatic carbocycles. The zero-order valence-corrected chi connectivity index (χ0v) is 12.5. The van der Waals surface area contributed by atoms with E-state index in [2.05, 4.69) is 5.32 Å². The Morgan fingerprint density at radius 1 is 1.40 bits per heavy atom. The van der Waals surface area contributed by atoms with Gasteiger partial charge in [0.25, 0.3) is 0 Å². The Morgan fingerprint density at radius 2 is 2.10 bits per heavy atom. The van der Waals surface area contributed by atoms with Crippen LogP contribution in [0.1, 0.15) is 34.5 Å². The maximum atomic E-state index is 12.1. The van der Waals surface area contributed by atoms with Crippen LogP contribution in [0.5, 0.6) is 0 Å². The van der Waals surface area contributed by atoms with Gasteiger partial charge in [0.05, 0.1) is 11.4 Å². The van der Waals surface area contributed by atoms with Crippen LogP contribution in [-0.4, -0.2) is 36.4 Å². The highest BCUT2D eigenvalue weighted by Crippen LogP contribution is 2.29. The summed E-state index contributed by atoms with van der Waals surface area (Å²) in [4.78, 5) is 23.2. The molecule has 1 aromatic heterocycles. The molecule has 1 atom stereocenters. The molecular formula is C12H15NO5S2. The molecule has 2 N–H and O–H groups in total. The first-order chi connectivity index (χ1) is 9.33. The van der Waals surface area contributed by atoms with E-state index in [1.165, 1.54) is 0 Å². The molecule has 8 heteroatoms. The molecular weight excluding hydrogens is 302 g/mol. The van der Waals surface area contributed by atoms with Crippen molar-refractivity contribution in [1.82, 2.24) is 0 Å². The number of nitrogens with one attached hydrogen (secondary N) is 1. The van der Waals surface area contributed by atoms with Crippen molar-refractivity contribution in [3.63, 3.8) is 0 Å². The summed E-state index contributed by atoms with van der Waals surface area (Å²) in [5.74, 6) is -1.75. The van der Waals surface area contributed by atoms with E-state index in [1.807, 2.05) is 0 Å². The molecule has 2 heterocycles. The molecule has 0 saturated carbocycles. The number of carboxylic acids is 1. The summed E-state index contributed by atoms with van der Waals surface area (Å²) in [6, 6.07) is 0. The number of rotatable bonds is 3. The zero-order valence-electron chi connectivity index (χ0n) is 10.9. The Kier molecular flexibility index (Phi) is 4.14. The number of aryl methyl sites for hydroxylation is 1. The van der Waals surface area contributed by atoms with Gasteiger partial charge < -0.3 is 10.4 Å². The molecule has 1 amide bonds. The van der Waals surface area contributed by atoms with Gasteiger partial charge in [-0.3, -0.25) is 4.79 Å². The van der Waals surface area contributed by atoms with E-state index in [1.54, 1.807) is 12.3 Å². The topological polar surface area (TPSA) is 101 Å². The standard InChI is InChI=1S/C12H15NO5S2/c1-7-6-19-10(12(15)16)9(7)13-11(14)8-4-2-3-5-20(8,17)18/h6,8H,2-5H2,1H3,(H,13,14)(H,15,16). The molecule has 0 spiro atoms. The largest absolute Gasteiger partial charge is 0.477 e. The fourth-order valence-corrected chi connectivity index (χ4v) is 4.85. The van der Waals surface area contributed by atoms with Gasteiger partial charge in [0.1, 0.15) is 10.1 Å². The van der Waals surface area contributed by atoms with Crippen molar-refractivity contribution >= 4 is 38.7 Å². The van der Waals surface area contributed by atoms with Gasteiger partial charge >= 0.3 is 5.97 Å². The van der Waals surface area contributed by atoms with Crippen molar-refractivity contribution in [3.05, 3.63) is 15.8 Å². The van der Waals surface area contributed by atoms with Crippen molar-refractivity contribution in [2.75, 3.05) is 11.1 Å². The average Bonchev–Trinajstić information content (AvgIpc) is 2.70. The highest BCUT2D eigenvalue weighted by Gasteiger charge is 2.35. The number of carbonyl (C=O) groups excluding carboxylic acids is 1. The van der Waals surface area contributed by atoms with E-state index in [-0.39, 0.29) is 16.3 Å². The molecule has 1 fully saturated rings. The second-order valence-corrected chi connectivity index (χ2v) is 7.95. The van der Waals surface area contributed by atoms with Crippen LogP contribution in [-0.2, 0) is 14.6 Å². The van der Waals surface area contributed by atoms with Crippen molar-refractivity contribution in [2.24, 2.45) is 0 Å². The molecule has 6 nitrogen and oxygen atoms in total. The first-order valence-electron chi connectivity index (χ1n) is 6.16. The highest BCUT2D eigenvalue weighted by molar-refractivity contribution is 7.92. The summed E-state index contributed by atoms with van der Waals surface area (Å²) in [6.07, 6.45) is 1.55. The number of anilines is 1. The van der Waals surface area contributed by atoms with Crippen LogP contribution >= 0.6 is 11.3 Å². The maximum Gasteiger partial charge on any atom is 0.348 e. The van der Waals surface area contributed by atoms with E-state index in [9.17, 15) is 18.0 Å². The fourth-order valence-electron chi connectivity index (χ4n) is 2.21. The predicted octanol–water partition coefficient (Wildman–Crippen LogP) is 1.66. The second kappa shape index (κ2) is 5.53. The van der Waals surface area contributed by atoms with Crippen LogP contribution in [0.25, 0.3) is 0 Å². The lowest BCUT2D eigenvalue weighted by molar-refractivity contribution is -0.116. The van der Waals surface area contributed by atoms with Crippen LogP contribution in [0, 0.1) is 6.92 Å². The molecule has 0 radical (unpaired) electrons. The van der Waals surface area contributed by atoms with Crippen molar-refractivity contribution in [1.29, 1.82) is 0 Å². The maximum absolute atomic E-state index is 12.1. The lowest BCUT2D eigenvalue weighted by Crippen LogP contribution is -2.39. The van der Waals surface area contributed by atoms with Crippen LogP contribution in [0.4, 0.5) is 5.69 Å². The minimum atomic E-state index is -3.43. The van der Waals surface area contributed by atoms with E-state index < -0.39 is 27.0 Å². The third kappa shape index (κ3) is 2.85. The summed E-state index contributed by atoms with van der Waals surface area (Å²) in [5.41, 5.74) is 0.822. The number of aromatic carboxylic acids is 1. The first kappa shape index (κ1) is 15.0. The second-order valence-electron chi connectivity index (χ2n) is 4.77. The SMILES string of the molecule is Cc1csc(C(=O)O)c1NC(=O)C1CCCCS1(=O)=O. The number of amides is 1. The van der Waals surface area contributed by atoms with E-state index in [4.69, 9.17) is 5.11 Å². The summed E-state index contributed by atoms with van der Waals surface area (Å²) in [6.45, 7) is 1.67. The summed E-state index contributed by atoms with van der Waals surface area (Å²) in [5, 5.41) is 12.1. The summed E-state index contributed by atoms with van der Waals surface area (Å²) < 4.78 is 23.8. The molecule has 0 bridgehead atoms. The summed E-state index contributed by atoms with van der Waals surface area (Å²) in [7, 11) is -3.43. The van der Waals surface area contributed by atoms with Gasteiger partial charge in [0, 0.05) is 0 Å². The van der Waals surface area contributed by atoms with Crippen LogP contribution in [0.15, 0.2) is 5.38 Å². The van der Waals surface area contributed by atoms with Gasteiger partial charge in [0.15, 0.2) is 9.84 Å². The highest BCUT2D eigenvalue weighted by atomic mass is 32.2. The number of hydrogen-bond donors (Lipinski definition) is 2. The number of thiophene rings is 1. The Bertz CT molecular complexity index is 647. The van der Waals surface area contributed by atoms with Gasteiger partial charge in [-0.1, -0.05) is 6.42 Å². The van der Waals surface area contributed by atoms with E-state index >= 15 is 0 Å². The molecule has 110 valence electrons. The molecule has 1 unspecified atom stereocenters. The minimum absolute atomic E-state index is 0.0134. The molecule has 1 aromatic rings. The molecule has 1 aliphatic heterocycles. The lowest BCUT2D eigenvalue weighted by Gasteiger charge is -2.21. The molecule has 2 rings (SSSR count). The number of carbonyl (C=O) groups is 2. The number of hydrogen-bond acceptors (Lipinski definition) is 5. The van der Waals surface area contributed by atoms with E-state index in [0.29, 0.717) is 24.8 Å². The van der Waals surface area contributed by atoms with Crippen LogP contribution < -0.4 is 5.32 Å². The lowest BCUT2D eigenvalue weighted by atomic mass is 10.1.